The quantitative estimate of drug-likeness (QED) is 0.679. The first kappa shape index (κ1) is 20.1. The predicted molar refractivity (Wildman–Crippen MR) is 114 cm³/mol. The maximum Gasteiger partial charge on any atom is 0.251 e. The van der Waals surface area contributed by atoms with Crippen molar-refractivity contribution < 1.29 is 4.79 Å². The molecular weight excluding hydrogens is 346 g/mol. The van der Waals surface area contributed by atoms with Gasteiger partial charge in [-0.1, -0.05) is 24.0 Å². The molecule has 146 valence electrons. The van der Waals surface area contributed by atoms with Crippen molar-refractivity contribution in [1.29, 1.82) is 0 Å². The van der Waals surface area contributed by atoms with E-state index in [9.17, 15) is 4.79 Å². The fraction of sp³-hybridized carbons (Fsp3) is 0.375. The van der Waals surface area contributed by atoms with Crippen molar-refractivity contribution in [2.24, 2.45) is 5.73 Å². The van der Waals surface area contributed by atoms with Crippen LogP contribution in [0, 0.1) is 11.8 Å². The Bertz CT molecular complexity index is 863. The third-order valence-electron chi connectivity index (χ3n) is 5.09. The Balaban J connectivity index is 1.57. The summed E-state index contributed by atoms with van der Waals surface area (Å²) in [6.45, 7) is 6.62. The van der Waals surface area contributed by atoms with Gasteiger partial charge in [-0.2, -0.15) is 0 Å². The van der Waals surface area contributed by atoms with Crippen LogP contribution in [0.2, 0.25) is 0 Å². The fourth-order valence-electron chi connectivity index (χ4n) is 2.57. The van der Waals surface area contributed by atoms with Gasteiger partial charge in [0.25, 0.3) is 5.91 Å². The Morgan fingerprint density at radius 2 is 1.61 bits per heavy atom. The molecule has 1 saturated carbocycles. The van der Waals surface area contributed by atoms with E-state index in [-0.39, 0.29) is 11.9 Å². The summed E-state index contributed by atoms with van der Waals surface area (Å²) in [6, 6.07) is 16.3. The fourth-order valence-corrected chi connectivity index (χ4v) is 2.57. The Morgan fingerprint density at radius 3 is 2.11 bits per heavy atom. The van der Waals surface area contributed by atoms with E-state index >= 15 is 0 Å². The number of carbonyl (C=O) groups is 1. The summed E-state index contributed by atoms with van der Waals surface area (Å²) in [4.78, 5) is 12.3. The van der Waals surface area contributed by atoms with Crippen LogP contribution < -0.4 is 16.4 Å². The monoisotopic (exact) mass is 375 g/mol. The van der Waals surface area contributed by atoms with Crippen molar-refractivity contribution in [2.75, 3.05) is 0 Å². The molecule has 0 radical (unpaired) electrons. The molecule has 1 atom stereocenters. The Hall–Kier alpha value is -2.61. The minimum atomic E-state index is -0.468. The zero-order valence-corrected chi connectivity index (χ0v) is 16.9. The molecule has 0 heterocycles. The maximum atomic E-state index is 12.3. The van der Waals surface area contributed by atoms with Crippen LogP contribution in [0.25, 0.3) is 0 Å². The predicted octanol–water partition coefficient (Wildman–Crippen LogP) is 3.19. The highest BCUT2D eigenvalue weighted by Crippen LogP contribution is 2.19. The maximum absolute atomic E-state index is 12.3. The van der Waals surface area contributed by atoms with Crippen molar-refractivity contribution in [2.45, 2.75) is 57.8 Å². The topological polar surface area (TPSA) is 67.2 Å². The molecule has 0 spiro atoms. The van der Waals surface area contributed by atoms with Gasteiger partial charge in [0.1, 0.15) is 0 Å². The molecular formula is C24H29N3O. The highest BCUT2D eigenvalue weighted by Gasteiger charge is 2.22. The lowest BCUT2D eigenvalue weighted by molar-refractivity contribution is 0.0925. The summed E-state index contributed by atoms with van der Waals surface area (Å²) in [5.41, 5.74) is 9.31. The average Bonchev–Trinajstić information content (AvgIpc) is 3.49. The molecule has 0 saturated heterocycles. The van der Waals surface area contributed by atoms with Crippen LogP contribution in [0.4, 0.5) is 0 Å². The third kappa shape index (κ3) is 5.95. The van der Waals surface area contributed by atoms with Gasteiger partial charge in [0.2, 0.25) is 0 Å². The van der Waals surface area contributed by atoms with Crippen molar-refractivity contribution in [1.82, 2.24) is 10.6 Å². The smallest absolute Gasteiger partial charge is 0.251 e. The summed E-state index contributed by atoms with van der Waals surface area (Å²) >= 11 is 0. The van der Waals surface area contributed by atoms with E-state index in [4.69, 9.17) is 5.73 Å². The van der Waals surface area contributed by atoms with Crippen LogP contribution >= 0.6 is 0 Å². The summed E-state index contributed by atoms with van der Waals surface area (Å²) < 4.78 is 0. The van der Waals surface area contributed by atoms with Gasteiger partial charge in [0.05, 0.1) is 0 Å². The number of amides is 1. The lowest BCUT2D eigenvalue weighted by atomic mass is 9.97. The van der Waals surface area contributed by atoms with E-state index in [0.29, 0.717) is 5.56 Å². The molecule has 2 aromatic carbocycles. The number of hydrogen-bond donors (Lipinski definition) is 3. The molecule has 28 heavy (non-hydrogen) atoms. The van der Waals surface area contributed by atoms with Gasteiger partial charge >= 0.3 is 0 Å². The van der Waals surface area contributed by atoms with E-state index in [1.807, 2.05) is 32.9 Å². The lowest BCUT2D eigenvalue weighted by Crippen LogP contribution is -2.52. The van der Waals surface area contributed by atoms with Crippen LogP contribution in [0.15, 0.2) is 48.5 Å². The SMILES string of the molecule is CC(NC(=O)c1ccc(C#Cc2ccc(CNC3CC3)cc2)cc1)C(C)(C)N. The molecule has 1 aliphatic carbocycles. The average molecular weight is 376 g/mol. The second-order valence-electron chi connectivity index (χ2n) is 8.20. The van der Waals surface area contributed by atoms with Crippen LogP contribution in [0.5, 0.6) is 0 Å². The molecule has 4 heteroatoms. The van der Waals surface area contributed by atoms with Crippen molar-refractivity contribution in [3.8, 4) is 11.8 Å². The molecule has 1 amide bonds. The molecule has 3 rings (SSSR count). The van der Waals surface area contributed by atoms with Gasteiger partial charge in [0.15, 0.2) is 0 Å². The number of benzene rings is 2. The Labute approximate surface area is 167 Å². The summed E-state index contributed by atoms with van der Waals surface area (Å²) in [5, 5.41) is 6.44. The van der Waals surface area contributed by atoms with Crippen LogP contribution in [0.1, 0.15) is 60.7 Å². The Morgan fingerprint density at radius 1 is 1.07 bits per heavy atom. The summed E-state index contributed by atoms with van der Waals surface area (Å²) in [7, 11) is 0. The normalized spacial score (nSPS) is 14.7. The van der Waals surface area contributed by atoms with E-state index in [1.54, 1.807) is 12.1 Å². The number of carbonyl (C=O) groups excluding carboxylic acids is 1. The second kappa shape index (κ2) is 8.60. The van der Waals surface area contributed by atoms with Gasteiger partial charge in [-0.25, -0.2) is 0 Å². The molecule has 1 aliphatic rings. The van der Waals surface area contributed by atoms with Crippen LogP contribution in [-0.2, 0) is 6.54 Å². The summed E-state index contributed by atoms with van der Waals surface area (Å²) in [6.07, 6.45) is 2.60. The van der Waals surface area contributed by atoms with E-state index in [0.717, 1.165) is 23.7 Å². The highest BCUT2D eigenvalue weighted by molar-refractivity contribution is 5.94. The largest absolute Gasteiger partial charge is 0.348 e. The first-order valence-corrected chi connectivity index (χ1v) is 9.85. The zero-order chi connectivity index (χ0) is 20.1. The molecule has 1 fully saturated rings. The molecule has 0 aliphatic heterocycles. The standard InChI is InChI=1S/C24H29N3O/c1-17(24(2,3)25)27-23(28)21-12-10-19(11-13-21)5-4-18-6-8-20(9-7-18)16-26-22-14-15-22/h6-13,17,22,26H,14-16,25H2,1-3H3,(H,27,28). The van der Waals surface area contributed by atoms with Crippen molar-refractivity contribution >= 4 is 5.91 Å². The van der Waals surface area contributed by atoms with Crippen LogP contribution in [0.3, 0.4) is 0 Å². The molecule has 4 N–H and O–H groups in total. The molecule has 0 aromatic heterocycles. The molecule has 1 unspecified atom stereocenters. The van der Waals surface area contributed by atoms with Crippen LogP contribution in [-0.4, -0.2) is 23.5 Å². The second-order valence-corrected chi connectivity index (χ2v) is 8.20. The van der Waals surface area contributed by atoms with Gasteiger partial charge in [-0.3, -0.25) is 4.79 Å². The third-order valence-corrected chi connectivity index (χ3v) is 5.09. The molecule has 0 bridgehead atoms. The van der Waals surface area contributed by atoms with Crippen molar-refractivity contribution in [3.05, 3.63) is 70.8 Å². The summed E-state index contributed by atoms with van der Waals surface area (Å²) in [5.74, 6) is 6.21. The lowest BCUT2D eigenvalue weighted by Gasteiger charge is -2.28. The van der Waals surface area contributed by atoms with Gasteiger partial charge in [0, 0.05) is 40.9 Å². The number of nitrogens with one attached hydrogen (secondary N) is 2. The van der Waals surface area contributed by atoms with E-state index in [1.165, 1.54) is 18.4 Å². The first-order valence-electron chi connectivity index (χ1n) is 9.85. The highest BCUT2D eigenvalue weighted by atomic mass is 16.1. The van der Waals surface area contributed by atoms with Gasteiger partial charge < -0.3 is 16.4 Å². The first-order chi connectivity index (χ1) is 13.3. The van der Waals surface area contributed by atoms with Gasteiger partial charge in [-0.15, -0.1) is 0 Å². The number of rotatable bonds is 6. The Kier molecular flexibility index (Phi) is 6.18. The van der Waals surface area contributed by atoms with E-state index < -0.39 is 5.54 Å². The number of hydrogen-bond acceptors (Lipinski definition) is 3. The van der Waals surface area contributed by atoms with Gasteiger partial charge in [-0.05, 0) is 75.6 Å². The number of nitrogens with two attached hydrogens (primary N) is 1. The van der Waals surface area contributed by atoms with Crippen molar-refractivity contribution in [3.63, 3.8) is 0 Å². The minimum absolute atomic E-state index is 0.123. The minimum Gasteiger partial charge on any atom is -0.348 e. The van der Waals surface area contributed by atoms with E-state index in [2.05, 4.69) is 46.7 Å². The molecule has 4 nitrogen and oxygen atoms in total. The zero-order valence-electron chi connectivity index (χ0n) is 16.9. The molecule has 2 aromatic rings.